The maximum absolute atomic E-state index is 13.0. The van der Waals surface area contributed by atoms with E-state index in [0.29, 0.717) is 33.6 Å². The van der Waals surface area contributed by atoms with E-state index in [0.717, 1.165) is 19.3 Å². The van der Waals surface area contributed by atoms with Gasteiger partial charge in [0.1, 0.15) is 11.5 Å². The Morgan fingerprint density at radius 1 is 1.40 bits per heavy atom. The molecule has 3 aliphatic rings. The van der Waals surface area contributed by atoms with Crippen molar-refractivity contribution in [3.63, 3.8) is 0 Å². The molecule has 2 unspecified atom stereocenters. The van der Waals surface area contributed by atoms with Gasteiger partial charge in [-0.2, -0.15) is 0 Å². The van der Waals surface area contributed by atoms with Crippen molar-refractivity contribution in [1.82, 2.24) is 4.90 Å². The highest BCUT2D eigenvalue weighted by Gasteiger charge is 2.46. The van der Waals surface area contributed by atoms with Crippen LogP contribution in [0.15, 0.2) is 17.9 Å². The molecule has 0 aliphatic carbocycles. The van der Waals surface area contributed by atoms with Crippen LogP contribution in [0.25, 0.3) is 5.57 Å². The van der Waals surface area contributed by atoms with Crippen LogP contribution in [0.3, 0.4) is 0 Å². The Morgan fingerprint density at radius 3 is 2.84 bits per heavy atom. The van der Waals surface area contributed by atoms with Gasteiger partial charge in [0.05, 0.1) is 23.2 Å². The summed E-state index contributed by atoms with van der Waals surface area (Å²) in [5.74, 6) is -0.282. The number of hydrogen-bond acceptors (Lipinski definition) is 5. The number of amides is 1. The summed E-state index contributed by atoms with van der Waals surface area (Å²) in [7, 11) is 0. The lowest BCUT2D eigenvalue weighted by molar-refractivity contribution is -0.142. The minimum absolute atomic E-state index is 0.0202. The molecule has 4 rings (SSSR count). The zero-order chi connectivity index (χ0) is 17.7. The first-order valence-corrected chi connectivity index (χ1v) is 9.50. The molecule has 0 bridgehead atoms. The molecule has 1 aromatic rings. The number of carbonyl (C=O) groups is 2. The molecular formula is C17H15ClINO5. The van der Waals surface area contributed by atoms with E-state index in [4.69, 9.17) is 21.1 Å². The molecule has 1 amide bonds. The van der Waals surface area contributed by atoms with Crippen molar-refractivity contribution in [3.05, 3.63) is 32.0 Å². The summed E-state index contributed by atoms with van der Waals surface area (Å²) in [6.07, 6.45) is 2.08. The van der Waals surface area contributed by atoms with Crippen LogP contribution in [-0.2, 0) is 19.1 Å². The molecule has 132 valence electrons. The summed E-state index contributed by atoms with van der Waals surface area (Å²) in [5.41, 5.74) is 0.814. The standard InChI is InChI=1S/C17H15ClINO5/c18-9-5-8(21)6-10(19)13(9)14-15(25-17(23)12-7-24-12)11-3-1-2-4-20(11)16(14)22/h5-6,11-12,21H,1-4,7H2. The fourth-order valence-electron chi connectivity index (χ4n) is 3.37. The van der Waals surface area contributed by atoms with Crippen molar-refractivity contribution < 1.29 is 24.2 Å². The Hall–Kier alpha value is -1.32. The number of ether oxygens (including phenoxy) is 2. The monoisotopic (exact) mass is 475 g/mol. The van der Waals surface area contributed by atoms with Crippen LogP contribution >= 0.6 is 34.2 Å². The van der Waals surface area contributed by atoms with Crippen molar-refractivity contribution in [1.29, 1.82) is 0 Å². The van der Waals surface area contributed by atoms with Gasteiger partial charge in [-0.3, -0.25) is 4.79 Å². The van der Waals surface area contributed by atoms with E-state index in [1.165, 1.54) is 12.1 Å². The summed E-state index contributed by atoms with van der Waals surface area (Å²) in [4.78, 5) is 26.9. The molecule has 1 N–H and O–H groups in total. The van der Waals surface area contributed by atoms with Gasteiger partial charge < -0.3 is 19.5 Å². The summed E-state index contributed by atoms with van der Waals surface area (Å²) in [6.45, 7) is 0.974. The average Bonchev–Trinajstić information content (AvgIpc) is 3.37. The molecule has 8 heteroatoms. The van der Waals surface area contributed by atoms with Crippen LogP contribution in [0, 0.1) is 3.57 Å². The molecule has 2 fully saturated rings. The van der Waals surface area contributed by atoms with Crippen LogP contribution in [0.1, 0.15) is 24.8 Å². The number of fused-ring (bicyclic) bond motifs is 1. The summed E-state index contributed by atoms with van der Waals surface area (Å²) in [6, 6.07) is 2.67. The topological polar surface area (TPSA) is 79.4 Å². The largest absolute Gasteiger partial charge is 0.508 e. The van der Waals surface area contributed by atoms with Crippen LogP contribution in [0.2, 0.25) is 5.02 Å². The van der Waals surface area contributed by atoms with Gasteiger partial charge in [-0.05, 0) is 54.0 Å². The molecule has 0 saturated carbocycles. The van der Waals surface area contributed by atoms with Crippen LogP contribution in [0.5, 0.6) is 5.75 Å². The van der Waals surface area contributed by atoms with E-state index in [1.54, 1.807) is 4.90 Å². The normalized spacial score (nSPS) is 25.2. The van der Waals surface area contributed by atoms with Gasteiger partial charge in [0.2, 0.25) is 0 Å². The second-order valence-corrected chi connectivity index (χ2v) is 7.85. The number of phenolic OH excluding ortho intramolecular Hbond substituents is 1. The number of rotatable bonds is 3. The summed E-state index contributed by atoms with van der Waals surface area (Å²) in [5, 5.41) is 9.98. The van der Waals surface area contributed by atoms with Gasteiger partial charge in [0.25, 0.3) is 5.91 Å². The number of benzene rings is 1. The quantitative estimate of drug-likeness (QED) is 0.413. The fraction of sp³-hybridized carbons (Fsp3) is 0.412. The molecule has 2 saturated heterocycles. The van der Waals surface area contributed by atoms with Crippen molar-refractivity contribution in [2.75, 3.05) is 13.2 Å². The lowest BCUT2D eigenvalue weighted by atomic mass is 10.0. The average molecular weight is 476 g/mol. The number of piperidine rings is 1. The van der Waals surface area contributed by atoms with Gasteiger partial charge in [0, 0.05) is 15.7 Å². The zero-order valence-corrected chi connectivity index (χ0v) is 16.0. The third-order valence-corrected chi connectivity index (χ3v) is 5.76. The van der Waals surface area contributed by atoms with E-state index in [2.05, 4.69) is 0 Å². The lowest BCUT2D eigenvalue weighted by Gasteiger charge is -2.30. The van der Waals surface area contributed by atoms with E-state index in [1.807, 2.05) is 22.6 Å². The summed E-state index contributed by atoms with van der Waals surface area (Å²) < 4.78 is 11.2. The smallest absolute Gasteiger partial charge is 0.342 e. The Balaban J connectivity index is 1.84. The Labute approximate surface area is 162 Å². The number of nitrogens with zero attached hydrogens (tertiary/aromatic N) is 1. The van der Waals surface area contributed by atoms with Crippen LogP contribution in [-0.4, -0.2) is 47.2 Å². The Morgan fingerprint density at radius 2 is 2.16 bits per heavy atom. The molecule has 25 heavy (non-hydrogen) atoms. The van der Waals surface area contributed by atoms with Crippen molar-refractivity contribution >= 4 is 51.6 Å². The van der Waals surface area contributed by atoms with Crippen molar-refractivity contribution in [2.45, 2.75) is 31.4 Å². The van der Waals surface area contributed by atoms with Crippen molar-refractivity contribution in [3.8, 4) is 5.75 Å². The fourth-order valence-corrected chi connectivity index (χ4v) is 4.72. The minimum atomic E-state index is -0.546. The van der Waals surface area contributed by atoms with Crippen molar-refractivity contribution in [2.24, 2.45) is 0 Å². The number of halogens is 2. The molecule has 0 aromatic heterocycles. The van der Waals surface area contributed by atoms with E-state index < -0.39 is 12.1 Å². The van der Waals surface area contributed by atoms with Gasteiger partial charge >= 0.3 is 5.97 Å². The molecular weight excluding hydrogens is 461 g/mol. The lowest BCUT2D eigenvalue weighted by Crippen LogP contribution is -2.40. The van der Waals surface area contributed by atoms with Crippen LogP contribution in [0.4, 0.5) is 0 Å². The highest BCUT2D eigenvalue weighted by molar-refractivity contribution is 14.1. The van der Waals surface area contributed by atoms with E-state index in [-0.39, 0.29) is 22.7 Å². The van der Waals surface area contributed by atoms with Crippen LogP contribution < -0.4 is 0 Å². The first kappa shape index (κ1) is 17.1. The third-order valence-electron chi connectivity index (χ3n) is 4.61. The van der Waals surface area contributed by atoms with E-state index in [9.17, 15) is 14.7 Å². The van der Waals surface area contributed by atoms with Gasteiger partial charge in [-0.1, -0.05) is 11.6 Å². The highest BCUT2D eigenvalue weighted by Crippen LogP contribution is 2.43. The first-order chi connectivity index (χ1) is 12.0. The minimum Gasteiger partial charge on any atom is -0.508 e. The number of aromatic hydroxyl groups is 1. The van der Waals surface area contributed by atoms with Gasteiger partial charge in [0.15, 0.2) is 6.10 Å². The first-order valence-electron chi connectivity index (χ1n) is 8.04. The molecule has 0 radical (unpaired) electrons. The maximum Gasteiger partial charge on any atom is 0.342 e. The summed E-state index contributed by atoms with van der Waals surface area (Å²) >= 11 is 8.34. The molecule has 3 aliphatic heterocycles. The SMILES string of the molecule is O=C(OC1=C(c2c(Cl)cc(O)cc2I)C(=O)N2CCCCC12)C1CO1. The molecule has 6 nitrogen and oxygen atoms in total. The Bertz CT molecular complexity index is 781. The Kier molecular flexibility index (Phi) is 4.41. The number of carbonyl (C=O) groups excluding carboxylic acids is 2. The second kappa shape index (κ2) is 6.44. The third kappa shape index (κ3) is 3.02. The zero-order valence-electron chi connectivity index (χ0n) is 13.1. The second-order valence-electron chi connectivity index (χ2n) is 6.28. The number of hydrogen-bond donors (Lipinski definition) is 1. The maximum atomic E-state index is 13.0. The van der Waals surface area contributed by atoms with Gasteiger partial charge in [-0.25, -0.2) is 4.79 Å². The molecule has 1 aromatic carbocycles. The predicted molar refractivity (Wildman–Crippen MR) is 97.9 cm³/mol. The van der Waals surface area contributed by atoms with E-state index >= 15 is 0 Å². The predicted octanol–water partition coefficient (Wildman–Crippen LogP) is 2.70. The number of epoxide rings is 1. The highest BCUT2D eigenvalue weighted by atomic mass is 127. The molecule has 3 heterocycles. The molecule has 2 atom stereocenters. The van der Waals surface area contributed by atoms with Gasteiger partial charge in [-0.15, -0.1) is 0 Å². The number of phenols is 1. The molecule has 0 spiro atoms. The number of esters is 1.